The molecular formula is C17H12N2O7S. The summed E-state index contributed by atoms with van der Waals surface area (Å²) in [6, 6.07) is 11.6. The molecule has 138 valence electrons. The quantitative estimate of drug-likeness (QED) is 0.354. The van der Waals surface area contributed by atoms with Crippen LogP contribution >= 0.6 is 0 Å². The van der Waals surface area contributed by atoms with Crippen molar-refractivity contribution in [3.05, 3.63) is 70.3 Å². The summed E-state index contributed by atoms with van der Waals surface area (Å²) in [5.41, 5.74) is -0.228. The van der Waals surface area contributed by atoms with E-state index in [-0.39, 0.29) is 33.5 Å². The number of aromatic hydroxyl groups is 1. The van der Waals surface area contributed by atoms with Crippen molar-refractivity contribution < 1.29 is 27.8 Å². The van der Waals surface area contributed by atoms with Crippen LogP contribution in [0.1, 0.15) is 10.4 Å². The monoisotopic (exact) mass is 388 g/mol. The molecule has 0 unspecified atom stereocenters. The summed E-state index contributed by atoms with van der Waals surface area (Å²) in [7, 11) is -4.69. The van der Waals surface area contributed by atoms with Crippen LogP contribution in [-0.4, -0.2) is 28.9 Å². The Kier molecular flexibility index (Phi) is 4.52. The minimum atomic E-state index is -4.69. The summed E-state index contributed by atoms with van der Waals surface area (Å²) in [6.45, 7) is 0. The number of phenolic OH excluding ortho intramolecular Hbond substituents is 1. The number of hydrogen-bond acceptors (Lipinski definition) is 6. The number of anilines is 1. The van der Waals surface area contributed by atoms with Crippen LogP contribution in [-0.2, 0) is 10.1 Å². The molecule has 3 aromatic rings. The highest BCUT2D eigenvalue weighted by atomic mass is 32.2. The first-order valence-corrected chi connectivity index (χ1v) is 8.90. The van der Waals surface area contributed by atoms with Gasteiger partial charge in [0.05, 0.1) is 10.6 Å². The molecule has 0 aliphatic heterocycles. The number of nitro groups is 1. The van der Waals surface area contributed by atoms with Crippen molar-refractivity contribution >= 4 is 38.2 Å². The molecule has 0 aliphatic rings. The molecule has 9 nitrogen and oxygen atoms in total. The van der Waals surface area contributed by atoms with Crippen molar-refractivity contribution in [1.29, 1.82) is 0 Å². The number of rotatable bonds is 4. The van der Waals surface area contributed by atoms with Crippen molar-refractivity contribution in [2.45, 2.75) is 4.90 Å². The van der Waals surface area contributed by atoms with Crippen molar-refractivity contribution in [3.63, 3.8) is 0 Å². The predicted molar refractivity (Wildman–Crippen MR) is 96.5 cm³/mol. The summed E-state index contributed by atoms with van der Waals surface area (Å²) in [4.78, 5) is 22.1. The molecule has 3 N–H and O–H groups in total. The van der Waals surface area contributed by atoms with Gasteiger partial charge in [0.25, 0.3) is 21.7 Å². The second kappa shape index (κ2) is 6.67. The number of carbonyl (C=O) groups excluding carboxylic acids is 1. The summed E-state index contributed by atoms with van der Waals surface area (Å²) in [6.07, 6.45) is 0. The SMILES string of the molecule is O=C(Nc1cccc2cc(O)cc(S(=O)(=O)O)c12)c1cccc([N+](=O)[O-])c1. The Morgan fingerprint density at radius 1 is 1.07 bits per heavy atom. The molecule has 0 aromatic heterocycles. The lowest BCUT2D eigenvalue weighted by Gasteiger charge is -2.12. The van der Waals surface area contributed by atoms with E-state index in [1.54, 1.807) is 0 Å². The van der Waals surface area contributed by atoms with Crippen molar-refractivity contribution in [1.82, 2.24) is 0 Å². The molecule has 0 bridgehead atoms. The third-order valence-electron chi connectivity index (χ3n) is 3.77. The van der Waals surface area contributed by atoms with Crippen LogP contribution in [0.25, 0.3) is 10.8 Å². The van der Waals surface area contributed by atoms with Gasteiger partial charge in [-0.1, -0.05) is 18.2 Å². The lowest BCUT2D eigenvalue weighted by molar-refractivity contribution is -0.384. The highest BCUT2D eigenvalue weighted by Gasteiger charge is 2.20. The maximum atomic E-state index is 12.5. The second-order valence-electron chi connectivity index (χ2n) is 5.58. The third kappa shape index (κ3) is 3.71. The van der Waals surface area contributed by atoms with Gasteiger partial charge in [-0.3, -0.25) is 19.5 Å². The van der Waals surface area contributed by atoms with Gasteiger partial charge in [0.1, 0.15) is 10.6 Å². The number of carbonyl (C=O) groups is 1. The third-order valence-corrected chi connectivity index (χ3v) is 4.65. The molecule has 0 aliphatic carbocycles. The zero-order chi connectivity index (χ0) is 19.8. The van der Waals surface area contributed by atoms with Crippen molar-refractivity contribution in [2.75, 3.05) is 5.32 Å². The van der Waals surface area contributed by atoms with Gasteiger partial charge in [0.15, 0.2) is 0 Å². The maximum absolute atomic E-state index is 12.5. The number of nitrogens with zero attached hydrogens (tertiary/aromatic N) is 1. The van der Waals surface area contributed by atoms with Gasteiger partial charge in [0, 0.05) is 29.1 Å². The number of hydrogen-bond donors (Lipinski definition) is 3. The molecule has 1 amide bonds. The van der Waals surface area contributed by atoms with Gasteiger partial charge >= 0.3 is 0 Å². The molecule has 0 fully saturated rings. The number of nitrogens with one attached hydrogen (secondary N) is 1. The number of amides is 1. The van der Waals surface area contributed by atoms with E-state index in [0.29, 0.717) is 0 Å². The van der Waals surface area contributed by atoms with Crippen LogP contribution in [0.3, 0.4) is 0 Å². The zero-order valence-corrected chi connectivity index (χ0v) is 14.3. The Labute approximate surface area is 152 Å². The number of phenols is 1. The standard InChI is InChI=1S/C17H12N2O7S/c20-13-8-10-3-2-6-14(16(10)15(9-13)27(24,25)26)18-17(21)11-4-1-5-12(7-11)19(22)23/h1-9,20H,(H,18,21)(H,24,25,26). The molecule has 3 rings (SSSR count). The number of non-ortho nitro benzene ring substituents is 1. The normalized spacial score (nSPS) is 11.3. The molecule has 0 saturated carbocycles. The van der Waals surface area contributed by atoms with Crippen LogP contribution < -0.4 is 5.32 Å². The van der Waals surface area contributed by atoms with Gasteiger partial charge in [-0.2, -0.15) is 8.42 Å². The van der Waals surface area contributed by atoms with E-state index in [4.69, 9.17) is 0 Å². The van der Waals surface area contributed by atoms with E-state index in [0.717, 1.165) is 12.1 Å². The van der Waals surface area contributed by atoms with E-state index < -0.39 is 25.8 Å². The fourth-order valence-electron chi connectivity index (χ4n) is 2.64. The lowest BCUT2D eigenvalue weighted by atomic mass is 10.1. The molecule has 0 radical (unpaired) electrons. The second-order valence-corrected chi connectivity index (χ2v) is 6.97. The first kappa shape index (κ1) is 18.3. The van der Waals surface area contributed by atoms with Gasteiger partial charge < -0.3 is 10.4 Å². The summed E-state index contributed by atoms with van der Waals surface area (Å²) in [5.74, 6) is -1.09. The first-order chi connectivity index (χ1) is 12.7. The number of nitro benzene ring substituents is 1. The molecule has 3 aromatic carbocycles. The fourth-order valence-corrected chi connectivity index (χ4v) is 3.39. The Morgan fingerprint density at radius 3 is 2.44 bits per heavy atom. The van der Waals surface area contributed by atoms with Gasteiger partial charge in [-0.05, 0) is 23.6 Å². The van der Waals surface area contributed by atoms with Crippen LogP contribution in [0, 0.1) is 10.1 Å². The molecule has 0 saturated heterocycles. The lowest BCUT2D eigenvalue weighted by Crippen LogP contribution is -2.13. The largest absolute Gasteiger partial charge is 0.508 e. The Morgan fingerprint density at radius 2 is 1.78 bits per heavy atom. The fraction of sp³-hybridized carbons (Fsp3) is 0. The van der Waals surface area contributed by atoms with E-state index in [1.807, 2.05) is 0 Å². The Balaban J connectivity index is 2.11. The maximum Gasteiger partial charge on any atom is 0.295 e. The molecule has 0 heterocycles. The molecule has 0 atom stereocenters. The Hall–Kier alpha value is -3.50. The topological polar surface area (TPSA) is 147 Å². The van der Waals surface area contributed by atoms with Gasteiger partial charge in [-0.15, -0.1) is 0 Å². The first-order valence-electron chi connectivity index (χ1n) is 7.46. The van der Waals surface area contributed by atoms with Gasteiger partial charge in [-0.25, -0.2) is 0 Å². The highest BCUT2D eigenvalue weighted by Crippen LogP contribution is 2.33. The number of benzene rings is 3. The van der Waals surface area contributed by atoms with Crippen molar-refractivity contribution in [3.8, 4) is 5.75 Å². The van der Waals surface area contributed by atoms with Crippen LogP contribution in [0.15, 0.2) is 59.5 Å². The zero-order valence-electron chi connectivity index (χ0n) is 13.5. The summed E-state index contributed by atoms with van der Waals surface area (Å²) in [5, 5.41) is 23.3. The number of fused-ring (bicyclic) bond motifs is 1. The molecular weight excluding hydrogens is 376 g/mol. The summed E-state index contributed by atoms with van der Waals surface area (Å²) < 4.78 is 32.8. The van der Waals surface area contributed by atoms with E-state index >= 15 is 0 Å². The molecule has 0 spiro atoms. The minimum absolute atomic E-state index is 0.00317. The van der Waals surface area contributed by atoms with E-state index in [1.165, 1.54) is 42.5 Å². The Bertz CT molecular complexity index is 1190. The average molecular weight is 388 g/mol. The molecule has 27 heavy (non-hydrogen) atoms. The van der Waals surface area contributed by atoms with Gasteiger partial charge in [0.2, 0.25) is 0 Å². The highest BCUT2D eigenvalue weighted by molar-refractivity contribution is 7.86. The minimum Gasteiger partial charge on any atom is -0.508 e. The van der Waals surface area contributed by atoms with Crippen LogP contribution in [0.5, 0.6) is 5.75 Å². The summed E-state index contributed by atoms with van der Waals surface area (Å²) >= 11 is 0. The smallest absolute Gasteiger partial charge is 0.295 e. The molecule has 10 heteroatoms. The van der Waals surface area contributed by atoms with Crippen molar-refractivity contribution in [2.24, 2.45) is 0 Å². The predicted octanol–water partition coefficient (Wildman–Crippen LogP) is 2.95. The van der Waals surface area contributed by atoms with E-state index in [9.17, 15) is 33.0 Å². The van der Waals surface area contributed by atoms with E-state index in [2.05, 4.69) is 5.32 Å². The van der Waals surface area contributed by atoms with Crippen LogP contribution in [0.2, 0.25) is 0 Å². The average Bonchev–Trinajstić information content (AvgIpc) is 2.60. The van der Waals surface area contributed by atoms with Crippen LogP contribution in [0.4, 0.5) is 11.4 Å².